The first-order chi connectivity index (χ1) is 7.65. The molecule has 0 spiro atoms. The highest BCUT2D eigenvalue weighted by Crippen LogP contribution is 2.09. The molecule has 0 aliphatic heterocycles. The van der Waals surface area contributed by atoms with E-state index in [2.05, 4.69) is 10.3 Å². The van der Waals surface area contributed by atoms with E-state index in [4.69, 9.17) is 4.42 Å². The molecule has 1 heterocycles. The number of anilines is 1. The molecule has 1 N–H and O–H groups in total. The normalized spacial score (nSPS) is 10.1. The lowest BCUT2D eigenvalue weighted by Crippen LogP contribution is -2.11. The van der Waals surface area contributed by atoms with Crippen molar-refractivity contribution >= 4 is 11.9 Å². The highest BCUT2D eigenvalue weighted by molar-refractivity contribution is 6.03. The van der Waals surface area contributed by atoms with Crippen molar-refractivity contribution in [2.24, 2.45) is 0 Å². The molecule has 0 bridgehead atoms. The van der Waals surface area contributed by atoms with E-state index in [1.165, 1.54) is 30.5 Å². The van der Waals surface area contributed by atoms with E-state index in [0.717, 1.165) is 0 Å². The van der Waals surface area contributed by atoms with Crippen LogP contribution in [0, 0.1) is 12.7 Å². The maximum absolute atomic E-state index is 12.6. The zero-order valence-electron chi connectivity index (χ0n) is 8.53. The van der Waals surface area contributed by atoms with E-state index in [9.17, 15) is 9.18 Å². The Bertz CT molecular complexity index is 505. The van der Waals surface area contributed by atoms with Crippen molar-refractivity contribution in [2.45, 2.75) is 6.92 Å². The summed E-state index contributed by atoms with van der Waals surface area (Å²) >= 11 is 0. The van der Waals surface area contributed by atoms with Crippen LogP contribution < -0.4 is 5.32 Å². The SMILES string of the molecule is Cc1coc(NC(=O)c2ccc(F)cc2)n1. The Balaban J connectivity index is 2.11. The van der Waals surface area contributed by atoms with Crippen molar-refractivity contribution in [3.63, 3.8) is 0 Å². The number of nitrogens with zero attached hydrogens (tertiary/aromatic N) is 1. The minimum absolute atomic E-state index is 0.131. The van der Waals surface area contributed by atoms with Crippen LogP contribution in [0.15, 0.2) is 34.9 Å². The van der Waals surface area contributed by atoms with Crippen molar-refractivity contribution in [1.29, 1.82) is 0 Å². The predicted octanol–water partition coefficient (Wildman–Crippen LogP) is 2.37. The molecular formula is C11H9FN2O2. The molecule has 0 aliphatic rings. The lowest BCUT2D eigenvalue weighted by atomic mass is 10.2. The van der Waals surface area contributed by atoms with E-state index < -0.39 is 0 Å². The van der Waals surface area contributed by atoms with Gasteiger partial charge in [-0.2, -0.15) is 4.98 Å². The number of oxazole rings is 1. The van der Waals surface area contributed by atoms with Crippen LogP contribution in [0.4, 0.5) is 10.4 Å². The molecule has 0 unspecified atom stereocenters. The third kappa shape index (κ3) is 2.25. The minimum atomic E-state index is -0.387. The fourth-order valence-electron chi connectivity index (χ4n) is 1.18. The monoisotopic (exact) mass is 220 g/mol. The topological polar surface area (TPSA) is 55.1 Å². The summed E-state index contributed by atoms with van der Waals surface area (Å²) in [5, 5.41) is 2.46. The smallest absolute Gasteiger partial charge is 0.301 e. The second-order valence-electron chi connectivity index (χ2n) is 3.26. The van der Waals surface area contributed by atoms with Gasteiger partial charge >= 0.3 is 6.01 Å². The molecule has 2 rings (SSSR count). The lowest BCUT2D eigenvalue weighted by Gasteiger charge is -2.00. The molecule has 5 heteroatoms. The number of amides is 1. The average molecular weight is 220 g/mol. The van der Waals surface area contributed by atoms with Crippen molar-refractivity contribution in [3.8, 4) is 0 Å². The average Bonchev–Trinajstić information content (AvgIpc) is 2.65. The Hall–Kier alpha value is -2.17. The van der Waals surface area contributed by atoms with E-state index in [1.807, 2.05) is 0 Å². The van der Waals surface area contributed by atoms with Crippen LogP contribution in [-0.2, 0) is 0 Å². The summed E-state index contributed by atoms with van der Waals surface area (Å²) in [5.74, 6) is -0.773. The molecule has 1 aromatic heterocycles. The Morgan fingerprint density at radius 2 is 2.06 bits per heavy atom. The standard InChI is InChI=1S/C11H9FN2O2/c1-7-6-16-11(13-7)14-10(15)8-2-4-9(12)5-3-8/h2-6H,1H3,(H,13,14,15). The minimum Gasteiger partial charge on any atom is -0.432 e. The number of aromatic nitrogens is 1. The highest BCUT2D eigenvalue weighted by Gasteiger charge is 2.08. The molecular weight excluding hydrogens is 211 g/mol. The number of hydrogen-bond acceptors (Lipinski definition) is 3. The van der Waals surface area contributed by atoms with Crippen molar-refractivity contribution < 1.29 is 13.6 Å². The second-order valence-corrected chi connectivity index (χ2v) is 3.26. The van der Waals surface area contributed by atoms with Crippen LogP contribution in [0.3, 0.4) is 0 Å². The zero-order chi connectivity index (χ0) is 11.5. The van der Waals surface area contributed by atoms with Crippen LogP contribution in [0.2, 0.25) is 0 Å². The zero-order valence-corrected chi connectivity index (χ0v) is 8.53. The van der Waals surface area contributed by atoms with Gasteiger partial charge in [0.2, 0.25) is 0 Å². The third-order valence-corrected chi connectivity index (χ3v) is 1.95. The molecule has 0 saturated heterocycles. The van der Waals surface area contributed by atoms with E-state index >= 15 is 0 Å². The van der Waals surface area contributed by atoms with Gasteiger partial charge in [-0.3, -0.25) is 10.1 Å². The van der Waals surface area contributed by atoms with Crippen LogP contribution in [-0.4, -0.2) is 10.9 Å². The maximum Gasteiger partial charge on any atom is 0.301 e. The van der Waals surface area contributed by atoms with Gasteiger partial charge in [-0.1, -0.05) is 0 Å². The fourth-order valence-corrected chi connectivity index (χ4v) is 1.18. The van der Waals surface area contributed by atoms with Gasteiger partial charge < -0.3 is 4.42 Å². The van der Waals surface area contributed by atoms with Crippen LogP contribution in [0.1, 0.15) is 16.1 Å². The first-order valence-corrected chi connectivity index (χ1v) is 4.64. The van der Waals surface area contributed by atoms with Crippen molar-refractivity contribution in [3.05, 3.63) is 47.6 Å². The molecule has 82 valence electrons. The van der Waals surface area contributed by atoms with E-state index in [1.54, 1.807) is 6.92 Å². The molecule has 0 aliphatic carbocycles. The van der Waals surface area contributed by atoms with Crippen molar-refractivity contribution in [1.82, 2.24) is 4.98 Å². The number of carbonyl (C=O) groups is 1. The van der Waals surface area contributed by atoms with Crippen molar-refractivity contribution in [2.75, 3.05) is 5.32 Å². The van der Waals surface area contributed by atoms with E-state index in [-0.39, 0.29) is 17.7 Å². The van der Waals surface area contributed by atoms with Crippen LogP contribution in [0.5, 0.6) is 0 Å². The van der Waals surface area contributed by atoms with Crippen LogP contribution in [0.25, 0.3) is 0 Å². The number of rotatable bonds is 2. The lowest BCUT2D eigenvalue weighted by molar-refractivity contribution is 0.102. The Labute approximate surface area is 91.1 Å². The Kier molecular flexibility index (Phi) is 2.68. The summed E-state index contributed by atoms with van der Waals surface area (Å²) in [6, 6.07) is 5.35. The predicted molar refractivity (Wildman–Crippen MR) is 55.6 cm³/mol. The largest absolute Gasteiger partial charge is 0.432 e. The third-order valence-electron chi connectivity index (χ3n) is 1.95. The van der Waals surface area contributed by atoms with Gasteiger partial charge in [0.25, 0.3) is 5.91 Å². The summed E-state index contributed by atoms with van der Waals surface area (Å²) in [5.41, 5.74) is 1.02. The molecule has 1 aromatic carbocycles. The molecule has 1 amide bonds. The molecule has 0 radical (unpaired) electrons. The summed E-state index contributed by atoms with van der Waals surface area (Å²) in [6.45, 7) is 1.75. The van der Waals surface area contributed by atoms with E-state index in [0.29, 0.717) is 11.3 Å². The van der Waals surface area contributed by atoms with Gasteiger partial charge in [0.05, 0.1) is 5.69 Å². The first-order valence-electron chi connectivity index (χ1n) is 4.64. The molecule has 2 aromatic rings. The number of benzene rings is 1. The number of hydrogen-bond donors (Lipinski definition) is 1. The fraction of sp³-hybridized carbons (Fsp3) is 0.0909. The maximum atomic E-state index is 12.6. The number of nitrogens with one attached hydrogen (secondary N) is 1. The summed E-state index contributed by atoms with van der Waals surface area (Å²) in [7, 11) is 0. The summed E-state index contributed by atoms with van der Waals surface area (Å²) in [6.07, 6.45) is 1.43. The second kappa shape index (κ2) is 4.14. The Morgan fingerprint density at radius 1 is 1.38 bits per heavy atom. The molecule has 0 atom stereocenters. The molecule has 4 nitrogen and oxygen atoms in total. The van der Waals surface area contributed by atoms with Gasteiger partial charge in [0, 0.05) is 5.56 Å². The van der Waals surface area contributed by atoms with Gasteiger partial charge in [-0.25, -0.2) is 4.39 Å². The highest BCUT2D eigenvalue weighted by atomic mass is 19.1. The van der Waals surface area contributed by atoms with Gasteiger partial charge in [0.15, 0.2) is 0 Å². The molecule has 0 fully saturated rings. The Morgan fingerprint density at radius 3 is 2.62 bits per heavy atom. The number of aryl methyl sites for hydroxylation is 1. The van der Waals surface area contributed by atoms with Gasteiger partial charge in [0.1, 0.15) is 12.1 Å². The van der Waals surface area contributed by atoms with Crippen LogP contribution >= 0.6 is 0 Å². The molecule has 0 saturated carbocycles. The summed E-state index contributed by atoms with van der Waals surface area (Å²) < 4.78 is 17.6. The number of carbonyl (C=O) groups excluding carboxylic acids is 1. The molecule has 16 heavy (non-hydrogen) atoms. The number of halogens is 1. The first kappa shape index (κ1) is 10.4. The summed E-state index contributed by atoms with van der Waals surface area (Å²) in [4.78, 5) is 15.5. The quantitative estimate of drug-likeness (QED) is 0.845. The van der Waals surface area contributed by atoms with Gasteiger partial charge in [-0.15, -0.1) is 0 Å². The van der Waals surface area contributed by atoms with Gasteiger partial charge in [-0.05, 0) is 31.2 Å².